The predicted octanol–water partition coefficient (Wildman–Crippen LogP) is 3.80. The van der Waals surface area contributed by atoms with Crippen LogP contribution in [-0.4, -0.2) is 19.0 Å². The molecule has 2 atom stereocenters. The van der Waals surface area contributed by atoms with Gasteiger partial charge in [-0.3, -0.25) is 4.79 Å². The summed E-state index contributed by atoms with van der Waals surface area (Å²) in [6.07, 6.45) is 2.06. The Balaban J connectivity index is 2.28. The lowest BCUT2D eigenvalue weighted by Crippen LogP contribution is -2.23. The third kappa shape index (κ3) is 2.54. The Labute approximate surface area is 114 Å². The number of methoxy groups -OCH3 is 1. The molecule has 0 N–H and O–H groups in total. The molecular formula is C17H20O2. The summed E-state index contributed by atoms with van der Waals surface area (Å²) in [6.45, 7) is 6.06. The Kier molecular flexibility index (Phi) is 4.01. The largest absolute Gasteiger partial charge is 0.373 e. The lowest BCUT2D eigenvalue weighted by atomic mass is 9.87. The zero-order valence-electron chi connectivity index (χ0n) is 11.9. The van der Waals surface area contributed by atoms with Crippen molar-refractivity contribution >= 4 is 5.78 Å². The molecule has 1 aliphatic carbocycles. The number of allylic oxidation sites excluding steroid dienone is 2. The molecule has 19 heavy (non-hydrogen) atoms. The molecule has 0 saturated heterocycles. The number of rotatable bonds is 4. The number of carbonyl (C=O) groups is 1. The normalized spacial score (nSPS) is 20.4. The van der Waals surface area contributed by atoms with E-state index in [1.807, 2.05) is 51.1 Å². The summed E-state index contributed by atoms with van der Waals surface area (Å²) in [4.78, 5) is 12.5. The van der Waals surface area contributed by atoms with Crippen LogP contribution in [-0.2, 0) is 4.74 Å². The molecular weight excluding hydrogens is 236 g/mol. The number of hydrogen-bond acceptors (Lipinski definition) is 2. The Hall–Kier alpha value is -1.67. The molecule has 0 heterocycles. The Morgan fingerprint density at radius 2 is 1.84 bits per heavy atom. The van der Waals surface area contributed by atoms with Crippen molar-refractivity contribution in [2.45, 2.75) is 26.9 Å². The van der Waals surface area contributed by atoms with E-state index in [2.05, 4.69) is 6.08 Å². The lowest BCUT2D eigenvalue weighted by molar-refractivity contribution is 0.0918. The molecule has 1 aromatic rings. The topological polar surface area (TPSA) is 26.3 Å². The van der Waals surface area contributed by atoms with Crippen molar-refractivity contribution in [2.75, 3.05) is 7.11 Å². The third-order valence-corrected chi connectivity index (χ3v) is 3.75. The van der Waals surface area contributed by atoms with E-state index in [1.54, 1.807) is 7.11 Å². The predicted molar refractivity (Wildman–Crippen MR) is 77.2 cm³/mol. The van der Waals surface area contributed by atoms with E-state index in [0.29, 0.717) is 0 Å². The second-order valence-electron chi connectivity index (χ2n) is 5.09. The van der Waals surface area contributed by atoms with Gasteiger partial charge in [-0.25, -0.2) is 0 Å². The van der Waals surface area contributed by atoms with E-state index in [1.165, 1.54) is 5.57 Å². The highest BCUT2D eigenvalue weighted by molar-refractivity contribution is 5.99. The van der Waals surface area contributed by atoms with Crippen molar-refractivity contribution in [3.8, 4) is 0 Å². The van der Waals surface area contributed by atoms with Gasteiger partial charge in [-0.15, -0.1) is 0 Å². The van der Waals surface area contributed by atoms with E-state index < -0.39 is 0 Å². The van der Waals surface area contributed by atoms with Crippen LogP contribution in [0.1, 0.15) is 31.1 Å². The molecule has 2 unspecified atom stereocenters. The van der Waals surface area contributed by atoms with Gasteiger partial charge in [0, 0.05) is 18.6 Å². The van der Waals surface area contributed by atoms with Gasteiger partial charge in [-0.1, -0.05) is 43.3 Å². The molecule has 2 heteroatoms. The first-order valence-corrected chi connectivity index (χ1v) is 6.57. The fourth-order valence-electron chi connectivity index (χ4n) is 2.83. The summed E-state index contributed by atoms with van der Waals surface area (Å²) in [5, 5.41) is 0. The highest BCUT2D eigenvalue weighted by atomic mass is 16.5. The van der Waals surface area contributed by atoms with Gasteiger partial charge < -0.3 is 4.74 Å². The van der Waals surface area contributed by atoms with Gasteiger partial charge in [0.05, 0.1) is 0 Å². The Bertz CT molecular complexity index is 538. The Morgan fingerprint density at radius 3 is 2.42 bits per heavy atom. The van der Waals surface area contributed by atoms with Gasteiger partial charge in [0.15, 0.2) is 5.78 Å². The van der Waals surface area contributed by atoms with Crippen LogP contribution in [0.3, 0.4) is 0 Å². The van der Waals surface area contributed by atoms with Crippen molar-refractivity contribution in [3.63, 3.8) is 0 Å². The van der Waals surface area contributed by atoms with Gasteiger partial charge in [0.1, 0.15) is 6.10 Å². The summed E-state index contributed by atoms with van der Waals surface area (Å²) in [5.74, 6) is 0.00106. The van der Waals surface area contributed by atoms with Crippen molar-refractivity contribution in [1.82, 2.24) is 0 Å². The van der Waals surface area contributed by atoms with Gasteiger partial charge in [-0.05, 0) is 30.6 Å². The maximum atomic E-state index is 12.5. The number of benzene rings is 1. The van der Waals surface area contributed by atoms with Gasteiger partial charge >= 0.3 is 0 Å². The van der Waals surface area contributed by atoms with Crippen LogP contribution in [0.15, 0.2) is 53.1 Å². The van der Waals surface area contributed by atoms with Crippen molar-refractivity contribution in [2.24, 2.45) is 5.92 Å². The van der Waals surface area contributed by atoms with E-state index in [4.69, 9.17) is 4.74 Å². The molecule has 0 radical (unpaired) electrons. The molecule has 0 fully saturated rings. The smallest absolute Gasteiger partial charge is 0.169 e. The highest BCUT2D eigenvalue weighted by Gasteiger charge is 2.31. The molecule has 0 aliphatic heterocycles. The SMILES string of the molecule is COC1C(C)=CC(C)=C1C(C)C(=O)c1ccccc1. The van der Waals surface area contributed by atoms with Crippen LogP contribution >= 0.6 is 0 Å². The van der Waals surface area contributed by atoms with Gasteiger partial charge in [-0.2, -0.15) is 0 Å². The second kappa shape index (κ2) is 5.54. The molecule has 1 aliphatic rings. The quantitative estimate of drug-likeness (QED) is 0.766. The fraction of sp³-hybridized carbons (Fsp3) is 0.353. The monoisotopic (exact) mass is 256 g/mol. The first kappa shape index (κ1) is 13.8. The van der Waals surface area contributed by atoms with E-state index >= 15 is 0 Å². The van der Waals surface area contributed by atoms with Crippen molar-refractivity contribution < 1.29 is 9.53 Å². The van der Waals surface area contributed by atoms with Crippen LogP contribution < -0.4 is 0 Å². The maximum absolute atomic E-state index is 12.5. The summed E-state index contributed by atoms with van der Waals surface area (Å²) in [6, 6.07) is 9.45. The van der Waals surface area contributed by atoms with Gasteiger partial charge in [0.2, 0.25) is 0 Å². The molecule has 2 rings (SSSR count). The Morgan fingerprint density at radius 1 is 1.21 bits per heavy atom. The summed E-state index contributed by atoms with van der Waals surface area (Å²) >= 11 is 0. The number of ketones is 1. The average Bonchev–Trinajstić information content (AvgIpc) is 2.72. The minimum absolute atomic E-state index is 0.0531. The lowest BCUT2D eigenvalue weighted by Gasteiger charge is -2.21. The molecule has 0 amide bonds. The van der Waals surface area contributed by atoms with E-state index in [-0.39, 0.29) is 17.8 Å². The first-order chi connectivity index (χ1) is 9.06. The zero-order chi connectivity index (χ0) is 14.0. The molecule has 0 bridgehead atoms. The molecule has 0 spiro atoms. The minimum atomic E-state index is -0.152. The number of ether oxygens (including phenoxy) is 1. The van der Waals surface area contributed by atoms with Gasteiger partial charge in [0.25, 0.3) is 0 Å². The summed E-state index contributed by atoms with van der Waals surface area (Å²) < 4.78 is 5.54. The molecule has 0 saturated carbocycles. The number of hydrogen-bond donors (Lipinski definition) is 0. The van der Waals surface area contributed by atoms with Crippen molar-refractivity contribution in [1.29, 1.82) is 0 Å². The molecule has 1 aromatic carbocycles. The van der Waals surface area contributed by atoms with Crippen LogP contribution in [0.5, 0.6) is 0 Å². The number of carbonyl (C=O) groups excluding carboxylic acids is 1. The minimum Gasteiger partial charge on any atom is -0.373 e. The maximum Gasteiger partial charge on any atom is 0.169 e. The van der Waals surface area contributed by atoms with Crippen LogP contribution in [0.25, 0.3) is 0 Å². The second-order valence-corrected chi connectivity index (χ2v) is 5.09. The van der Waals surface area contributed by atoms with Crippen LogP contribution in [0, 0.1) is 5.92 Å². The fourth-order valence-corrected chi connectivity index (χ4v) is 2.83. The number of Topliss-reactive ketones (excluding diaryl/α,β-unsaturated/α-hetero) is 1. The molecule has 100 valence electrons. The van der Waals surface area contributed by atoms with Crippen molar-refractivity contribution in [3.05, 3.63) is 58.7 Å². The van der Waals surface area contributed by atoms with E-state index in [9.17, 15) is 4.79 Å². The van der Waals surface area contributed by atoms with Crippen LogP contribution in [0.2, 0.25) is 0 Å². The highest BCUT2D eigenvalue weighted by Crippen LogP contribution is 2.34. The van der Waals surface area contributed by atoms with E-state index in [0.717, 1.165) is 16.7 Å². The first-order valence-electron chi connectivity index (χ1n) is 6.57. The molecule has 2 nitrogen and oxygen atoms in total. The third-order valence-electron chi connectivity index (χ3n) is 3.75. The summed E-state index contributed by atoms with van der Waals surface area (Å²) in [5.41, 5.74) is 4.17. The standard InChI is InChI=1S/C17H20O2/c1-11-10-12(2)17(19-4)15(11)13(3)16(18)14-8-6-5-7-9-14/h5-10,13,17H,1-4H3. The van der Waals surface area contributed by atoms with Crippen LogP contribution in [0.4, 0.5) is 0 Å². The summed E-state index contributed by atoms with van der Waals surface area (Å²) in [7, 11) is 1.69. The zero-order valence-corrected chi connectivity index (χ0v) is 11.9. The molecule has 0 aromatic heterocycles. The average molecular weight is 256 g/mol.